The van der Waals surface area contributed by atoms with Gasteiger partial charge in [0, 0.05) is 32.6 Å². The van der Waals surface area contributed by atoms with Crippen molar-refractivity contribution >= 4 is 17.8 Å². The molecule has 8 heteroatoms. The highest BCUT2D eigenvalue weighted by Gasteiger charge is 2.38. The molecule has 2 fully saturated rings. The molecule has 1 aromatic carbocycles. The second-order valence-corrected chi connectivity index (χ2v) is 8.06. The fraction of sp³-hybridized carbons (Fsp3) is 0.609. The van der Waals surface area contributed by atoms with E-state index in [2.05, 4.69) is 0 Å². The van der Waals surface area contributed by atoms with E-state index in [1.807, 2.05) is 18.2 Å². The van der Waals surface area contributed by atoms with E-state index in [0.29, 0.717) is 50.7 Å². The maximum atomic E-state index is 13.0. The number of methoxy groups -OCH3 is 2. The lowest BCUT2D eigenvalue weighted by atomic mass is 9.96. The average Bonchev–Trinajstić information content (AvgIpc) is 3.17. The van der Waals surface area contributed by atoms with Crippen molar-refractivity contribution in [3.05, 3.63) is 23.8 Å². The van der Waals surface area contributed by atoms with Crippen LogP contribution in [0.1, 0.15) is 31.7 Å². The summed E-state index contributed by atoms with van der Waals surface area (Å²) in [6.45, 7) is 4.11. The summed E-state index contributed by atoms with van der Waals surface area (Å²) in [5.41, 5.74) is 1.04. The van der Waals surface area contributed by atoms with Crippen LogP contribution in [0.25, 0.3) is 0 Å². The van der Waals surface area contributed by atoms with Gasteiger partial charge in [-0.2, -0.15) is 0 Å². The number of piperidine rings is 1. The number of hydrogen-bond donors (Lipinski definition) is 0. The molecule has 0 saturated carbocycles. The second kappa shape index (κ2) is 10.5. The zero-order chi connectivity index (χ0) is 22.4. The molecule has 0 bridgehead atoms. The Morgan fingerprint density at radius 3 is 2.58 bits per heavy atom. The van der Waals surface area contributed by atoms with Gasteiger partial charge in [-0.05, 0) is 43.9 Å². The van der Waals surface area contributed by atoms with Crippen LogP contribution in [-0.4, -0.2) is 74.6 Å². The van der Waals surface area contributed by atoms with E-state index in [0.717, 1.165) is 18.4 Å². The number of carbonyl (C=O) groups is 3. The Labute approximate surface area is 183 Å². The molecule has 2 amide bonds. The molecule has 170 valence electrons. The van der Waals surface area contributed by atoms with Gasteiger partial charge in [-0.3, -0.25) is 14.4 Å². The van der Waals surface area contributed by atoms with Gasteiger partial charge in [-0.15, -0.1) is 0 Å². The van der Waals surface area contributed by atoms with Gasteiger partial charge in [0.1, 0.15) is 0 Å². The molecule has 0 radical (unpaired) electrons. The highest BCUT2D eigenvalue weighted by atomic mass is 16.5. The normalized spacial score (nSPS) is 21.2. The van der Waals surface area contributed by atoms with Crippen molar-refractivity contribution in [3.63, 3.8) is 0 Å². The standard InChI is InChI=1S/C23H32N2O6/c1-4-31-23(28)17-6-5-10-25(14-17)22(27)18-13-21(26)24(15-18)11-9-16-7-8-19(29-2)20(12-16)30-3/h7-8,12,17-18H,4-6,9-11,13-15H2,1-3H3/t17-,18+/m0/s1. The van der Waals surface area contributed by atoms with Crippen molar-refractivity contribution in [2.75, 3.05) is 47.0 Å². The van der Waals surface area contributed by atoms with E-state index >= 15 is 0 Å². The highest BCUT2D eigenvalue weighted by molar-refractivity contribution is 5.89. The number of esters is 1. The molecule has 8 nitrogen and oxygen atoms in total. The first-order valence-corrected chi connectivity index (χ1v) is 10.9. The largest absolute Gasteiger partial charge is 0.493 e. The van der Waals surface area contributed by atoms with Crippen LogP contribution in [0.2, 0.25) is 0 Å². The zero-order valence-corrected chi connectivity index (χ0v) is 18.6. The molecule has 2 aliphatic heterocycles. The first-order chi connectivity index (χ1) is 15.0. The molecule has 0 aliphatic carbocycles. The number of benzene rings is 1. The maximum Gasteiger partial charge on any atom is 0.310 e. The topological polar surface area (TPSA) is 85.4 Å². The van der Waals surface area contributed by atoms with Crippen LogP contribution in [0.3, 0.4) is 0 Å². The molecule has 31 heavy (non-hydrogen) atoms. The van der Waals surface area contributed by atoms with Crippen molar-refractivity contribution in [3.8, 4) is 11.5 Å². The van der Waals surface area contributed by atoms with Gasteiger partial charge in [-0.1, -0.05) is 6.07 Å². The Bertz CT molecular complexity index is 811. The van der Waals surface area contributed by atoms with Crippen molar-refractivity contribution in [1.29, 1.82) is 0 Å². The molecule has 0 aromatic heterocycles. The summed E-state index contributed by atoms with van der Waals surface area (Å²) in [6.07, 6.45) is 2.41. The molecule has 0 N–H and O–H groups in total. The first kappa shape index (κ1) is 22.9. The van der Waals surface area contributed by atoms with Crippen LogP contribution in [0, 0.1) is 11.8 Å². The van der Waals surface area contributed by atoms with E-state index in [9.17, 15) is 14.4 Å². The Balaban J connectivity index is 1.55. The monoisotopic (exact) mass is 432 g/mol. The summed E-state index contributed by atoms with van der Waals surface area (Å²) in [5.74, 6) is 0.432. The van der Waals surface area contributed by atoms with Crippen LogP contribution in [0.5, 0.6) is 11.5 Å². The highest BCUT2D eigenvalue weighted by Crippen LogP contribution is 2.29. The summed E-state index contributed by atoms with van der Waals surface area (Å²) in [6, 6.07) is 5.71. The van der Waals surface area contributed by atoms with Gasteiger partial charge in [-0.25, -0.2) is 0 Å². The smallest absolute Gasteiger partial charge is 0.310 e. The van der Waals surface area contributed by atoms with Crippen LogP contribution in [0.15, 0.2) is 18.2 Å². The molecular weight excluding hydrogens is 400 g/mol. The number of ether oxygens (including phenoxy) is 3. The Kier molecular flexibility index (Phi) is 7.76. The van der Waals surface area contributed by atoms with Gasteiger partial charge in [0.15, 0.2) is 11.5 Å². The van der Waals surface area contributed by atoms with Crippen molar-refractivity contribution in [2.24, 2.45) is 11.8 Å². The average molecular weight is 433 g/mol. The summed E-state index contributed by atoms with van der Waals surface area (Å²) < 4.78 is 15.7. The summed E-state index contributed by atoms with van der Waals surface area (Å²) in [5, 5.41) is 0. The molecular formula is C23H32N2O6. The lowest BCUT2D eigenvalue weighted by Crippen LogP contribution is -2.45. The number of likely N-dealkylation sites (tertiary alicyclic amines) is 2. The second-order valence-electron chi connectivity index (χ2n) is 8.06. The fourth-order valence-corrected chi connectivity index (χ4v) is 4.34. The van der Waals surface area contributed by atoms with E-state index < -0.39 is 0 Å². The molecule has 1 aromatic rings. The number of nitrogens with zero attached hydrogens (tertiary/aromatic N) is 2. The number of amides is 2. The van der Waals surface area contributed by atoms with Gasteiger partial charge in [0.05, 0.1) is 32.7 Å². The van der Waals surface area contributed by atoms with E-state index in [1.165, 1.54) is 0 Å². The maximum absolute atomic E-state index is 13.0. The van der Waals surface area contributed by atoms with Gasteiger partial charge >= 0.3 is 5.97 Å². The molecule has 3 rings (SSSR count). The predicted molar refractivity (Wildman–Crippen MR) is 114 cm³/mol. The van der Waals surface area contributed by atoms with Gasteiger partial charge < -0.3 is 24.0 Å². The SMILES string of the molecule is CCOC(=O)[C@H]1CCCN(C(=O)[C@@H]2CC(=O)N(CCc3ccc(OC)c(OC)c3)C2)C1. The fourth-order valence-electron chi connectivity index (χ4n) is 4.34. The number of carbonyl (C=O) groups excluding carboxylic acids is 3. The molecule has 2 aliphatic rings. The third-order valence-electron chi connectivity index (χ3n) is 6.04. The molecule has 2 atom stereocenters. The minimum absolute atomic E-state index is 0.00206. The van der Waals surface area contributed by atoms with E-state index in [4.69, 9.17) is 14.2 Å². The van der Waals surface area contributed by atoms with Crippen molar-refractivity contribution < 1.29 is 28.6 Å². The molecule has 0 spiro atoms. The van der Waals surface area contributed by atoms with Gasteiger partial charge in [0.25, 0.3) is 0 Å². The minimum atomic E-state index is -0.348. The Morgan fingerprint density at radius 2 is 1.87 bits per heavy atom. The molecule has 2 saturated heterocycles. The van der Waals surface area contributed by atoms with E-state index in [-0.39, 0.29) is 36.0 Å². The molecule has 2 heterocycles. The lowest BCUT2D eigenvalue weighted by Gasteiger charge is -2.33. The summed E-state index contributed by atoms with van der Waals surface area (Å²) in [7, 11) is 3.18. The van der Waals surface area contributed by atoms with Gasteiger partial charge in [0.2, 0.25) is 11.8 Å². The summed E-state index contributed by atoms with van der Waals surface area (Å²) >= 11 is 0. The van der Waals surface area contributed by atoms with Crippen LogP contribution in [-0.2, 0) is 25.5 Å². The minimum Gasteiger partial charge on any atom is -0.493 e. The van der Waals surface area contributed by atoms with E-state index in [1.54, 1.807) is 30.9 Å². The number of hydrogen-bond acceptors (Lipinski definition) is 6. The van der Waals surface area contributed by atoms with Crippen LogP contribution in [0.4, 0.5) is 0 Å². The molecule has 0 unspecified atom stereocenters. The lowest BCUT2D eigenvalue weighted by molar-refractivity contribution is -0.152. The quantitative estimate of drug-likeness (QED) is 0.584. The van der Waals surface area contributed by atoms with Crippen molar-refractivity contribution in [1.82, 2.24) is 9.80 Å². The zero-order valence-electron chi connectivity index (χ0n) is 18.6. The Hall–Kier alpha value is -2.77. The summed E-state index contributed by atoms with van der Waals surface area (Å²) in [4.78, 5) is 41.1. The van der Waals surface area contributed by atoms with Crippen LogP contribution >= 0.6 is 0 Å². The van der Waals surface area contributed by atoms with Crippen molar-refractivity contribution in [2.45, 2.75) is 32.6 Å². The predicted octanol–water partition coefficient (Wildman–Crippen LogP) is 1.90. The number of rotatable bonds is 8. The third-order valence-corrected chi connectivity index (χ3v) is 6.04. The first-order valence-electron chi connectivity index (χ1n) is 10.9. The third kappa shape index (κ3) is 5.48. The Morgan fingerprint density at radius 1 is 1.10 bits per heavy atom. The van der Waals surface area contributed by atoms with Crippen LogP contribution < -0.4 is 9.47 Å².